The fraction of sp³-hybridized carbons (Fsp3) is 0.250. The predicted octanol–water partition coefficient (Wildman–Crippen LogP) is 3.80. The molecule has 2 aromatic carbocycles. The molecule has 0 saturated heterocycles. The highest BCUT2D eigenvalue weighted by atomic mass is 32.2. The molecule has 0 aliphatic rings. The van der Waals surface area contributed by atoms with Crippen molar-refractivity contribution in [3.8, 4) is 5.75 Å². The van der Waals surface area contributed by atoms with Crippen molar-refractivity contribution in [2.24, 2.45) is 5.73 Å². The number of hydrogen-bond acceptors (Lipinski definition) is 3. The Hall–Kier alpha value is -1.45. The van der Waals surface area contributed by atoms with Gasteiger partial charge in [-0.3, -0.25) is 0 Å². The van der Waals surface area contributed by atoms with E-state index >= 15 is 0 Å². The summed E-state index contributed by atoms with van der Waals surface area (Å²) in [6.07, 6.45) is 0. The van der Waals surface area contributed by atoms with Crippen LogP contribution in [0.1, 0.15) is 16.4 Å². The average molecular weight is 273 g/mol. The van der Waals surface area contributed by atoms with Gasteiger partial charge in [0.15, 0.2) is 0 Å². The number of benzene rings is 2. The third-order valence-corrected chi connectivity index (χ3v) is 4.36. The third-order valence-electron chi connectivity index (χ3n) is 3.09. The molecule has 1 atom stereocenters. The molecule has 0 aliphatic heterocycles. The van der Waals surface area contributed by atoms with E-state index < -0.39 is 0 Å². The predicted molar refractivity (Wildman–Crippen MR) is 81.8 cm³/mol. The summed E-state index contributed by atoms with van der Waals surface area (Å²) in [7, 11) is 1.68. The molecule has 100 valence electrons. The monoisotopic (exact) mass is 273 g/mol. The Labute approximate surface area is 119 Å². The Morgan fingerprint density at radius 3 is 2.37 bits per heavy atom. The molecule has 0 saturated carbocycles. The highest BCUT2D eigenvalue weighted by molar-refractivity contribution is 7.99. The Kier molecular flexibility index (Phi) is 4.88. The van der Waals surface area contributed by atoms with Gasteiger partial charge < -0.3 is 10.5 Å². The first-order valence-electron chi connectivity index (χ1n) is 6.31. The number of methoxy groups -OCH3 is 1. The van der Waals surface area contributed by atoms with Gasteiger partial charge in [-0.25, -0.2) is 0 Å². The Morgan fingerprint density at radius 1 is 1.11 bits per heavy atom. The Balaban J connectivity index is 2.17. The first-order valence-corrected chi connectivity index (χ1v) is 7.19. The maximum Gasteiger partial charge on any atom is 0.118 e. The van der Waals surface area contributed by atoms with Crippen molar-refractivity contribution >= 4 is 11.8 Å². The molecule has 0 spiro atoms. The van der Waals surface area contributed by atoms with Crippen LogP contribution in [0.5, 0.6) is 5.75 Å². The molecule has 0 radical (unpaired) electrons. The second kappa shape index (κ2) is 6.64. The van der Waals surface area contributed by atoms with Crippen LogP contribution in [0.25, 0.3) is 0 Å². The highest BCUT2D eigenvalue weighted by Crippen LogP contribution is 2.36. The maximum absolute atomic E-state index is 5.93. The van der Waals surface area contributed by atoms with Crippen LogP contribution in [-0.2, 0) is 0 Å². The number of nitrogens with two attached hydrogens (primary N) is 1. The van der Waals surface area contributed by atoms with Crippen molar-refractivity contribution in [1.82, 2.24) is 0 Å². The zero-order valence-corrected chi connectivity index (χ0v) is 12.1. The summed E-state index contributed by atoms with van der Waals surface area (Å²) in [6.45, 7) is 2.76. The Morgan fingerprint density at radius 2 is 1.79 bits per heavy atom. The minimum Gasteiger partial charge on any atom is -0.497 e. The van der Waals surface area contributed by atoms with Gasteiger partial charge >= 0.3 is 0 Å². The topological polar surface area (TPSA) is 35.2 Å². The van der Waals surface area contributed by atoms with E-state index in [2.05, 4.69) is 43.3 Å². The van der Waals surface area contributed by atoms with Crippen LogP contribution in [0.2, 0.25) is 0 Å². The molecule has 3 heteroatoms. The zero-order chi connectivity index (χ0) is 13.7. The van der Waals surface area contributed by atoms with E-state index in [-0.39, 0.29) is 5.25 Å². The van der Waals surface area contributed by atoms with Gasteiger partial charge in [-0.1, -0.05) is 24.3 Å². The minimum absolute atomic E-state index is 0.287. The van der Waals surface area contributed by atoms with Gasteiger partial charge in [0, 0.05) is 16.7 Å². The standard InChI is InChI=1S/C16H19NOS/c1-12-5-3-4-6-15(12)16(11-17)19-14-9-7-13(18-2)8-10-14/h3-10,16H,11,17H2,1-2H3. The lowest BCUT2D eigenvalue weighted by atomic mass is 10.1. The summed E-state index contributed by atoms with van der Waals surface area (Å²) in [6, 6.07) is 16.5. The quantitative estimate of drug-likeness (QED) is 0.842. The molecule has 19 heavy (non-hydrogen) atoms. The van der Waals surface area contributed by atoms with E-state index in [1.54, 1.807) is 18.9 Å². The average Bonchev–Trinajstić information content (AvgIpc) is 2.46. The number of rotatable bonds is 5. The van der Waals surface area contributed by atoms with Gasteiger partial charge in [0.2, 0.25) is 0 Å². The van der Waals surface area contributed by atoms with E-state index in [0.717, 1.165) is 5.75 Å². The van der Waals surface area contributed by atoms with Crippen LogP contribution >= 0.6 is 11.8 Å². The molecule has 2 nitrogen and oxygen atoms in total. The van der Waals surface area contributed by atoms with Gasteiger partial charge in [-0.2, -0.15) is 0 Å². The third kappa shape index (κ3) is 3.52. The van der Waals surface area contributed by atoms with Gasteiger partial charge in [0.05, 0.1) is 7.11 Å². The largest absolute Gasteiger partial charge is 0.497 e. The summed E-state index contributed by atoms with van der Waals surface area (Å²) in [5.74, 6) is 0.879. The smallest absolute Gasteiger partial charge is 0.118 e. The van der Waals surface area contributed by atoms with Crippen LogP contribution in [0, 0.1) is 6.92 Å². The summed E-state index contributed by atoms with van der Waals surface area (Å²) in [5, 5.41) is 0.287. The zero-order valence-electron chi connectivity index (χ0n) is 11.3. The van der Waals surface area contributed by atoms with Crippen molar-refractivity contribution < 1.29 is 4.74 Å². The van der Waals surface area contributed by atoms with Crippen LogP contribution in [-0.4, -0.2) is 13.7 Å². The summed E-state index contributed by atoms with van der Waals surface area (Å²) >= 11 is 1.79. The second-order valence-electron chi connectivity index (χ2n) is 4.37. The molecule has 1 unspecified atom stereocenters. The van der Waals surface area contributed by atoms with Crippen LogP contribution in [0.4, 0.5) is 0 Å². The van der Waals surface area contributed by atoms with E-state index in [1.807, 2.05) is 12.1 Å². The van der Waals surface area contributed by atoms with Crippen molar-refractivity contribution in [1.29, 1.82) is 0 Å². The number of thioether (sulfide) groups is 1. The molecule has 0 fully saturated rings. The summed E-state index contributed by atoms with van der Waals surface area (Å²) < 4.78 is 5.17. The van der Waals surface area contributed by atoms with Gasteiger partial charge in [-0.15, -0.1) is 11.8 Å². The first-order chi connectivity index (χ1) is 9.24. The van der Waals surface area contributed by atoms with Gasteiger partial charge in [0.1, 0.15) is 5.75 Å². The molecular weight excluding hydrogens is 254 g/mol. The van der Waals surface area contributed by atoms with E-state index in [9.17, 15) is 0 Å². The molecule has 2 rings (SSSR count). The molecule has 2 aromatic rings. The lowest BCUT2D eigenvalue weighted by Crippen LogP contribution is -2.10. The summed E-state index contributed by atoms with van der Waals surface area (Å²) in [4.78, 5) is 1.21. The SMILES string of the molecule is COc1ccc(SC(CN)c2ccccc2C)cc1. The molecule has 0 aromatic heterocycles. The number of hydrogen-bond donors (Lipinski definition) is 1. The van der Waals surface area contributed by atoms with Crippen LogP contribution in [0.3, 0.4) is 0 Å². The maximum atomic E-state index is 5.93. The van der Waals surface area contributed by atoms with Crippen molar-refractivity contribution in [2.75, 3.05) is 13.7 Å². The van der Waals surface area contributed by atoms with Crippen molar-refractivity contribution in [2.45, 2.75) is 17.1 Å². The molecule has 0 bridgehead atoms. The first kappa shape index (κ1) is 14.0. The number of aryl methyl sites for hydroxylation is 1. The minimum atomic E-state index is 0.287. The molecule has 0 aliphatic carbocycles. The second-order valence-corrected chi connectivity index (χ2v) is 5.65. The lowest BCUT2D eigenvalue weighted by molar-refractivity contribution is 0.414. The fourth-order valence-corrected chi connectivity index (χ4v) is 3.11. The lowest BCUT2D eigenvalue weighted by Gasteiger charge is -2.17. The Bertz CT molecular complexity index is 525. The highest BCUT2D eigenvalue weighted by Gasteiger charge is 2.13. The van der Waals surface area contributed by atoms with Crippen molar-refractivity contribution in [3.63, 3.8) is 0 Å². The van der Waals surface area contributed by atoms with Gasteiger partial charge in [-0.05, 0) is 42.3 Å². The normalized spacial score (nSPS) is 12.2. The molecule has 0 amide bonds. The summed E-state index contributed by atoms with van der Waals surface area (Å²) in [5.41, 5.74) is 8.53. The number of ether oxygens (including phenoxy) is 1. The van der Waals surface area contributed by atoms with Gasteiger partial charge in [0.25, 0.3) is 0 Å². The van der Waals surface area contributed by atoms with Crippen LogP contribution < -0.4 is 10.5 Å². The molecule has 0 heterocycles. The van der Waals surface area contributed by atoms with Crippen LogP contribution in [0.15, 0.2) is 53.4 Å². The van der Waals surface area contributed by atoms with Crippen molar-refractivity contribution in [3.05, 3.63) is 59.7 Å². The molecular formula is C16H19NOS. The van der Waals surface area contributed by atoms with E-state index in [1.165, 1.54) is 16.0 Å². The van der Waals surface area contributed by atoms with E-state index in [4.69, 9.17) is 10.5 Å². The molecule has 2 N–H and O–H groups in total. The fourth-order valence-electron chi connectivity index (χ4n) is 2.01. The van der Waals surface area contributed by atoms with E-state index in [0.29, 0.717) is 6.54 Å².